The van der Waals surface area contributed by atoms with E-state index in [-0.39, 0.29) is 23.8 Å². The van der Waals surface area contributed by atoms with Crippen LogP contribution in [0.25, 0.3) is 11.3 Å². The SMILES string of the molecule is COC(=O)[C@H](CC1CCCN(C(=N)N)C1)[C@@H](C)NC(=O)c1ccc(-c2cnc[nH]2)cc1. The van der Waals surface area contributed by atoms with Crippen molar-refractivity contribution in [3.05, 3.63) is 42.4 Å². The number of amides is 1. The minimum Gasteiger partial charge on any atom is -0.469 e. The van der Waals surface area contributed by atoms with E-state index >= 15 is 0 Å². The third-order valence-electron chi connectivity index (χ3n) is 5.87. The first-order valence-corrected chi connectivity index (χ1v) is 10.5. The second kappa shape index (κ2) is 10.1. The summed E-state index contributed by atoms with van der Waals surface area (Å²) in [6, 6.07) is 6.79. The Bertz CT molecular complexity index is 896. The van der Waals surface area contributed by atoms with Crippen molar-refractivity contribution >= 4 is 17.8 Å². The number of hydrogen-bond donors (Lipinski definition) is 4. The number of piperidine rings is 1. The van der Waals surface area contributed by atoms with Gasteiger partial charge >= 0.3 is 5.97 Å². The first-order chi connectivity index (χ1) is 14.9. The molecule has 1 amide bonds. The maximum absolute atomic E-state index is 12.8. The molecule has 1 aliphatic rings. The van der Waals surface area contributed by atoms with E-state index in [1.807, 2.05) is 24.0 Å². The van der Waals surface area contributed by atoms with Crippen LogP contribution in [0, 0.1) is 17.2 Å². The number of rotatable bonds is 7. The second-order valence-corrected chi connectivity index (χ2v) is 8.01. The Morgan fingerprint density at radius 1 is 1.39 bits per heavy atom. The highest BCUT2D eigenvalue weighted by molar-refractivity contribution is 5.95. The summed E-state index contributed by atoms with van der Waals surface area (Å²) in [5.74, 6) is -0.807. The largest absolute Gasteiger partial charge is 0.469 e. The van der Waals surface area contributed by atoms with Crippen molar-refractivity contribution in [1.82, 2.24) is 20.2 Å². The highest BCUT2D eigenvalue weighted by Crippen LogP contribution is 2.26. The van der Waals surface area contributed by atoms with Crippen LogP contribution in [0.2, 0.25) is 0 Å². The van der Waals surface area contributed by atoms with Crippen molar-refractivity contribution in [2.45, 2.75) is 32.2 Å². The number of nitrogens with one attached hydrogen (secondary N) is 3. The quantitative estimate of drug-likeness (QED) is 0.303. The molecular weight excluding hydrogens is 396 g/mol. The lowest BCUT2D eigenvalue weighted by molar-refractivity contribution is -0.147. The van der Waals surface area contributed by atoms with E-state index in [2.05, 4.69) is 15.3 Å². The van der Waals surface area contributed by atoms with Gasteiger partial charge in [0.15, 0.2) is 5.96 Å². The molecule has 166 valence electrons. The molecule has 1 saturated heterocycles. The number of nitrogens with two attached hydrogens (primary N) is 1. The van der Waals surface area contributed by atoms with Gasteiger partial charge in [0, 0.05) is 24.7 Å². The number of esters is 1. The summed E-state index contributed by atoms with van der Waals surface area (Å²) >= 11 is 0. The molecule has 0 saturated carbocycles. The van der Waals surface area contributed by atoms with Gasteiger partial charge < -0.3 is 25.7 Å². The van der Waals surface area contributed by atoms with Crippen LogP contribution in [0.4, 0.5) is 0 Å². The van der Waals surface area contributed by atoms with Crippen molar-refractivity contribution in [1.29, 1.82) is 5.41 Å². The molecule has 1 unspecified atom stereocenters. The summed E-state index contributed by atoms with van der Waals surface area (Å²) in [6.07, 6.45) is 5.76. The van der Waals surface area contributed by atoms with Crippen molar-refractivity contribution in [2.75, 3.05) is 20.2 Å². The average molecular weight is 427 g/mol. The second-order valence-electron chi connectivity index (χ2n) is 8.01. The molecule has 0 spiro atoms. The molecule has 9 nitrogen and oxygen atoms in total. The number of likely N-dealkylation sites (tertiary alicyclic amines) is 1. The normalized spacial score (nSPS) is 18.1. The minimum atomic E-state index is -0.477. The maximum Gasteiger partial charge on any atom is 0.310 e. The number of benzene rings is 1. The number of nitrogens with zero attached hydrogens (tertiary/aromatic N) is 2. The van der Waals surface area contributed by atoms with Crippen LogP contribution in [0.15, 0.2) is 36.8 Å². The van der Waals surface area contributed by atoms with Gasteiger partial charge in [-0.15, -0.1) is 0 Å². The maximum atomic E-state index is 12.8. The van der Waals surface area contributed by atoms with E-state index in [0.717, 1.165) is 30.6 Å². The third kappa shape index (κ3) is 5.62. The highest BCUT2D eigenvalue weighted by Gasteiger charge is 2.32. The predicted octanol–water partition coefficient (Wildman–Crippen LogP) is 1.98. The molecule has 1 aromatic carbocycles. The van der Waals surface area contributed by atoms with Gasteiger partial charge in [0.05, 0.1) is 31.2 Å². The Morgan fingerprint density at radius 2 is 2.13 bits per heavy atom. The van der Waals surface area contributed by atoms with Crippen molar-refractivity contribution < 1.29 is 14.3 Å². The fraction of sp³-hybridized carbons (Fsp3) is 0.455. The number of imidazole rings is 1. The predicted molar refractivity (Wildman–Crippen MR) is 117 cm³/mol. The van der Waals surface area contributed by atoms with E-state index in [9.17, 15) is 9.59 Å². The molecule has 1 fully saturated rings. The summed E-state index contributed by atoms with van der Waals surface area (Å²) in [5, 5.41) is 10.6. The molecular formula is C22H30N6O3. The summed E-state index contributed by atoms with van der Waals surface area (Å²) in [4.78, 5) is 34.1. The van der Waals surface area contributed by atoms with Crippen LogP contribution >= 0.6 is 0 Å². The summed E-state index contributed by atoms with van der Waals surface area (Å²) < 4.78 is 5.01. The third-order valence-corrected chi connectivity index (χ3v) is 5.87. The molecule has 3 atom stereocenters. The Kier molecular flexibility index (Phi) is 7.28. The number of H-pyrrole nitrogens is 1. The number of hydrogen-bond acceptors (Lipinski definition) is 5. The molecule has 1 aromatic heterocycles. The number of ether oxygens (including phenoxy) is 1. The fourth-order valence-electron chi connectivity index (χ4n) is 4.10. The van der Waals surface area contributed by atoms with Crippen LogP contribution < -0.4 is 11.1 Å². The molecule has 2 heterocycles. The number of carbonyl (C=O) groups excluding carboxylic acids is 2. The molecule has 2 aromatic rings. The Labute approximate surface area is 181 Å². The van der Waals surface area contributed by atoms with Gasteiger partial charge in [0.25, 0.3) is 5.91 Å². The lowest BCUT2D eigenvalue weighted by Crippen LogP contribution is -2.46. The topological polar surface area (TPSA) is 137 Å². The molecule has 5 N–H and O–H groups in total. The van der Waals surface area contributed by atoms with Crippen molar-refractivity contribution in [2.24, 2.45) is 17.6 Å². The van der Waals surface area contributed by atoms with Gasteiger partial charge in [-0.05, 0) is 49.8 Å². The fourth-order valence-corrected chi connectivity index (χ4v) is 4.10. The zero-order valence-corrected chi connectivity index (χ0v) is 17.9. The summed E-state index contributed by atoms with van der Waals surface area (Å²) in [7, 11) is 1.36. The lowest BCUT2D eigenvalue weighted by Gasteiger charge is -2.35. The average Bonchev–Trinajstić information content (AvgIpc) is 3.32. The molecule has 1 aliphatic heterocycles. The Morgan fingerprint density at radius 3 is 2.74 bits per heavy atom. The van der Waals surface area contributed by atoms with Gasteiger partial charge in [-0.1, -0.05) is 12.1 Å². The van der Waals surface area contributed by atoms with Gasteiger partial charge in [0.1, 0.15) is 0 Å². The molecule has 0 bridgehead atoms. The lowest BCUT2D eigenvalue weighted by atomic mass is 9.85. The highest BCUT2D eigenvalue weighted by atomic mass is 16.5. The van der Waals surface area contributed by atoms with E-state index in [4.69, 9.17) is 15.9 Å². The van der Waals surface area contributed by atoms with Crippen LogP contribution in [-0.4, -0.2) is 58.9 Å². The molecule has 31 heavy (non-hydrogen) atoms. The van der Waals surface area contributed by atoms with E-state index in [1.165, 1.54) is 7.11 Å². The monoisotopic (exact) mass is 426 g/mol. The zero-order valence-electron chi connectivity index (χ0n) is 17.9. The van der Waals surface area contributed by atoms with Gasteiger partial charge in [-0.3, -0.25) is 15.0 Å². The Hall–Kier alpha value is -3.36. The van der Waals surface area contributed by atoms with Crippen LogP contribution in [-0.2, 0) is 9.53 Å². The van der Waals surface area contributed by atoms with E-state index < -0.39 is 12.0 Å². The number of carbonyl (C=O) groups is 2. The minimum absolute atomic E-state index is 0.0549. The number of guanidine groups is 1. The van der Waals surface area contributed by atoms with Crippen LogP contribution in [0.3, 0.4) is 0 Å². The zero-order chi connectivity index (χ0) is 22.4. The Balaban J connectivity index is 1.64. The van der Waals surface area contributed by atoms with E-state index in [0.29, 0.717) is 18.5 Å². The van der Waals surface area contributed by atoms with Crippen LogP contribution in [0.5, 0.6) is 0 Å². The number of aromatic amines is 1. The smallest absolute Gasteiger partial charge is 0.310 e. The standard InChI is InChI=1S/C22H30N6O3/c1-14(18(21(30)31-2)10-15-4-3-9-28(12-15)22(23)24)27-20(29)17-7-5-16(6-8-17)19-11-25-13-26-19/h5-8,11,13-15,18H,3-4,9-10,12H2,1-2H3,(H3,23,24)(H,25,26)(H,27,29)/t14-,15?,18-/m1/s1. The van der Waals surface area contributed by atoms with Gasteiger partial charge in [-0.2, -0.15) is 0 Å². The summed E-state index contributed by atoms with van der Waals surface area (Å²) in [6.45, 7) is 3.22. The molecule has 3 rings (SSSR count). The molecule has 0 aliphatic carbocycles. The van der Waals surface area contributed by atoms with Gasteiger partial charge in [0.2, 0.25) is 0 Å². The van der Waals surface area contributed by atoms with Crippen molar-refractivity contribution in [3.8, 4) is 11.3 Å². The van der Waals surface area contributed by atoms with Crippen LogP contribution in [0.1, 0.15) is 36.5 Å². The van der Waals surface area contributed by atoms with E-state index in [1.54, 1.807) is 24.7 Å². The first kappa shape index (κ1) is 22.3. The molecule has 9 heteroatoms. The van der Waals surface area contributed by atoms with Gasteiger partial charge in [-0.25, -0.2) is 4.98 Å². The number of methoxy groups -OCH3 is 1. The first-order valence-electron chi connectivity index (χ1n) is 10.5. The summed E-state index contributed by atoms with van der Waals surface area (Å²) in [5.41, 5.74) is 7.95. The number of aromatic nitrogens is 2. The molecule has 0 radical (unpaired) electrons. The van der Waals surface area contributed by atoms with Crippen molar-refractivity contribution in [3.63, 3.8) is 0 Å².